The molecule has 1 atom stereocenters. The SMILES string of the molecule is COC(=O)[C@@H](O)CNc1nccc2ccc(-c3noc(C)n3)cc12. The summed E-state index contributed by atoms with van der Waals surface area (Å²) in [6.07, 6.45) is 0.378. The van der Waals surface area contributed by atoms with Gasteiger partial charge < -0.3 is 19.7 Å². The van der Waals surface area contributed by atoms with E-state index < -0.39 is 12.1 Å². The lowest BCUT2D eigenvalue weighted by molar-refractivity contribution is -0.149. The third-order valence-electron chi connectivity index (χ3n) is 3.49. The summed E-state index contributed by atoms with van der Waals surface area (Å²) in [7, 11) is 1.22. The van der Waals surface area contributed by atoms with Crippen LogP contribution in [0.1, 0.15) is 5.89 Å². The molecule has 0 fully saturated rings. The van der Waals surface area contributed by atoms with Crippen molar-refractivity contribution >= 4 is 22.6 Å². The number of hydrogen-bond acceptors (Lipinski definition) is 8. The maximum Gasteiger partial charge on any atom is 0.336 e. The molecule has 8 heteroatoms. The normalized spacial score (nSPS) is 12.1. The Kier molecular flexibility index (Phi) is 4.39. The molecule has 24 heavy (non-hydrogen) atoms. The van der Waals surface area contributed by atoms with Crippen LogP contribution in [0.25, 0.3) is 22.2 Å². The van der Waals surface area contributed by atoms with Gasteiger partial charge in [0.2, 0.25) is 11.7 Å². The lowest BCUT2D eigenvalue weighted by atomic mass is 10.1. The van der Waals surface area contributed by atoms with E-state index in [-0.39, 0.29) is 6.54 Å². The van der Waals surface area contributed by atoms with E-state index in [1.54, 1.807) is 13.1 Å². The Morgan fingerprint density at radius 3 is 2.96 bits per heavy atom. The van der Waals surface area contributed by atoms with E-state index in [2.05, 4.69) is 25.2 Å². The van der Waals surface area contributed by atoms with E-state index in [9.17, 15) is 9.90 Å². The number of aliphatic hydroxyl groups excluding tert-OH is 1. The topological polar surface area (TPSA) is 110 Å². The maximum atomic E-state index is 11.3. The van der Waals surface area contributed by atoms with E-state index in [0.29, 0.717) is 17.5 Å². The van der Waals surface area contributed by atoms with Gasteiger partial charge in [0.25, 0.3) is 0 Å². The minimum Gasteiger partial charge on any atom is -0.467 e. The summed E-state index contributed by atoms with van der Waals surface area (Å²) in [5.74, 6) is 0.804. The molecular weight excluding hydrogens is 312 g/mol. The maximum absolute atomic E-state index is 11.3. The first-order valence-corrected chi connectivity index (χ1v) is 7.27. The van der Waals surface area contributed by atoms with Crippen molar-refractivity contribution in [3.63, 3.8) is 0 Å². The van der Waals surface area contributed by atoms with Gasteiger partial charge in [-0.3, -0.25) is 0 Å². The lowest BCUT2D eigenvalue weighted by Crippen LogP contribution is -2.29. The van der Waals surface area contributed by atoms with Crippen molar-refractivity contribution in [2.24, 2.45) is 0 Å². The largest absolute Gasteiger partial charge is 0.467 e. The Labute approximate surface area is 137 Å². The van der Waals surface area contributed by atoms with Gasteiger partial charge in [0.15, 0.2) is 6.10 Å². The Morgan fingerprint density at radius 1 is 1.42 bits per heavy atom. The minimum atomic E-state index is -1.27. The number of benzene rings is 1. The van der Waals surface area contributed by atoms with E-state index >= 15 is 0 Å². The molecule has 2 N–H and O–H groups in total. The summed E-state index contributed by atoms with van der Waals surface area (Å²) in [6, 6.07) is 7.54. The second-order valence-electron chi connectivity index (χ2n) is 5.15. The number of carbonyl (C=O) groups is 1. The molecule has 0 bridgehead atoms. The summed E-state index contributed by atoms with van der Waals surface area (Å²) in [4.78, 5) is 19.8. The summed E-state index contributed by atoms with van der Waals surface area (Å²) in [5, 5.41) is 18.3. The van der Waals surface area contributed by atoms with Crippen LogP contribution in [-0.4, -0.2) is 46.0 Å². The molecule has 1 aromatic carbocycles. The molecule has 124 valence electrons. The molecule has 0 saturated heterocycles. The number of aliphatic hydroxyl groups is 1. The number of ether oxygens (including phenoxy) is 1. The van der Waals surface area contributed by atoms with Crippen LogP contribution in [0.2, 0.25) is 0 Å². The van der Waals surface area contributed by atoms with Crippen LogP contribution in [0.5, 0.6) is 0 Å². The summed E-state index contributed by atoms with van der Waals surface area (Å²) in [5.41, 5.74) is 0.781. The number of rotatable bonds is 5. The third-order valence-corrected chi connectivity index (χ3v) is 3.49. The average molecular weight is 328 g/mol. The molecule has 0 saturated carbocycles. The molecule has 2 aromatic heterocycles. The number of anilines is 1. The zero-order valence-electron chi connectivity index (χ0n) is 13.2. The van der Waals surface area contributed by atoms with Crippen LogP contribution >= 0.6 is 0 Å². The third kappa shape index (κ3) is 3.18. The Bertz CT molecular complexity index is 877. The van der Waals surface area contributed by atoms with Gasteiger partial charge in [-0.05, 0) is 17.5 Å². The highest BCUT2D eigenvalue weighted by molar-refractivity contribution is 5.94. The first-order valence-electron chi connectivity index (χ1n) is 7.27. The molecule has 0 aliphatic heterocycles. The average Bonchev–Trinajstić information content (AvgIpc) is 3.04. The molecule has 3 rings (SSSR count). The first kappa shape index (κ1) is 15.9. The molecule has 0 spiro atoms. The van der Waals surface area contributed by atoms with E-state index in [0.717, 1.165) is 16.3 Å². The smallest absolute Gasteiger partial charge is 0.336 e. The second kappa shape index (κ2) is 6.63. The molecule has 8 nitrogen and oxygen atoms in total. The predicted octanol–water partition coefficient (Wildman–Crippen LogP) is 1.54. The Balaban J connectivity index is 1.91. The van der Waals surface area contributed by atoms with Crippen LogP contribution in [0.15, 0.2) is 35.0 Å². The first-order chi connectivity index (χ1) is 11.6. The van der Waals surface area contributed by atoms with Crippen LogP contribution in [0.3, 0.4) is 0 Å². The van der Waals surface area contributed by atoms with Crippen LogP contribution in [0.4, 0.5) is 5.82 Å². The van der Waals surface area contributed by atoms with Gasteiger partial charge in [0, 0.05) is 24.1 Å². The highest BCUT2D eigenvalue weighted by Crippen LogP contribution is 2.26. The van der Waals surface area contributed by atoms with Gasteiger partial charge in [-0.1, -0.05) is 17.3 Å². The number of hydrogen-bond donors (Lipinski definition) is 2. The summed E-state index contributed by atoms with van der Waals surface area (Å²) < 4.78 is 9.49. The number of esters is 1. The Hall–Kier alpha value is -3.00. The number of nitrogens with zero attached hydrogens (tertiary/aromatic N) is 3. The van der Waals surface area contributed by atoms with Crippen molar-refractivity contribution in [3.05, 3.63) is 36.4 Å². The highest BCUT2D eigenvalue weighted by Gasteiger charge is 2.16. The molecule has 3 aromatic rings. The molecule has 2 heterocycles. The van der Waals surface area contributed by atoms with Gasteiger partial charge in [0.1, 0.15) is 5.82 Å². The molecule has 0 unspecified atom stereocenters. The number of nitrogens with one attached hydrogen (secondary N) is 1. The number of aromatic nitrogens is 3. The van der Waals surface area contributed by atoms with Gasteiger partial charge in [-0.15, -0.1) is 0 Å². The van der Waals surface area contributed by atoms with E-state index in [1.807, 2.05) is 24.3 Å². The van der Waals surface area contributed by atoms with Crippen molar-refractivity contribution in [3.8, 4) is 11.4 Å². The number of methoxy groups -OCH3 is 1. The molecule has 0 aliphatic carbocycles. The van der Waals surface area contributed by atoms with Crippen molar-refractivity contribution in [1.82, 2.24) is 15.1 Å². The molecule has 0 aliphatic rings. The second-order valence-corrected chi connectivity index (χ2v) is 5.15. The van der Waals surface area contributed by atoms with Crippen LogP contribution in [0, 0.1) is 6.92 Å². The minimum absolute atomic E-state index is 0.00959. The van der Waals surface area contributed by atoms with Crippen LogP contribution < -0.4 is 5.32 Å². The van der Waals surface area contributed by atoms with Crippen molar-refractivity contribution in [2.75, 3.05) is 19.0 Å². The molecular formula is C16H16N4O4. The predicted molar refractivity (Wildman–Crippen MR) is 86.3 cm³/mol. The lowest BCUT2D eigenvalue weighted by Gasteiger charge is -2.12. The van der Waals surface area contributed by atoms with Crippen molar-refractivity contribution in [1.29, 1.82) is 0 Å². The zero-order valence-corrected chi connectivity index (χ0v) is 13.2. The summed E-state index contributed by atoms with van der Waals surface area (Å²) >= 11 is 0. The van der Waals surface area contributed by atoms with Crippen molar-refractivity contribution in [2.45, 2.75) is 13.0 Å². The number of aryl methyl sites for hydroxylation is 1. The quantitative estimate of drug-likeness (QED) is 0.679. The van der Waals surface area contributed by atoms with Gasteiger partial charge in [0.05, 0.1) is 13.7 Å². The number of carbonyl (C=O) groups excluding carboxylic acids is 1. The van der Waals surface area contributed by atoms with E-state index in [1.165, 1.54) is 7.11 Å². The van der Waals surface area contributed by atoms with Crippen LogP contribution in [-0.2, 0) is 9.53 Å². The Morgan fingerprint density at radius 2 is 2.25 bits per heavy atom. The highest BCUT2D eigenvalue weighted by atomic mass is 16.5. The molecule has 0 radical (unpaired) electrons. The zero-order chi connectivity index (χ0) is 17.1. The van der Waals surface area contributed by atoms with Crippen molar-refractivity contribution < 1.29 is 19.2 Å². The van der Waals surface area contributed by atoms with Gasteiger partial charge in [-0.25, -0.2) is 9.78 Å². The fourth-order valence-corrected chi connectivity index (χ4v) is 2.28. The fraction of sp³-hybridized carbons (Fsp3) is 0.250. The van der Waals surface area contributed by atoms with E-state index in [4.69, 9.17) is 4.52 Å². The van der Waals surface area contributed by atoms with Gasteiger partial charge in [-0.2, -0.15) is 4.98 Å². The number of fused-ring (bicyclic) bond motifs is 1. The number of pyridine rings is 1. The van der Waals surface area contributed by atoms with Gasteiger partial charge >= 0.3 is 5.97 Å². The monoisotopic (exact) mass is 328 g/mol. The molecule has 0 amide bonds. The standard InChI is InChI=1S/C16H16N4O4/c1-9-19-14(20-24-9)11-4-3-10-5-6-17-15(12(10)7-11)18-8-13(21)16(22)23-2/h3-7,13,21H,8H2,1-2H3,(H,17,18)/t13-/m0/s1. The fourth-order valence-electron chi connectivity index (χ4n) is 2.28. The summed E-state index contributed by atoms with van der Waals surface area (Å²) in [6.45, 7) is 1.71.